The molecular formula is C20H26N4. The van der Waals surface area contributed by atoms with Crippen LogP contribution in [0.4, 0.5) is 5.82 Å². The van der Waals surface area contributed by atoms with Gasteiger partial charge in [0.15, 0.2) is 0 Å². The molecule has 1 aliphatic heterocycles. The summed E-state index contributed by atoms with van der Waals surface area (Å²) in [5, 5.41) is 6.77. The van der Waals surface area contributed by atoms with Gasteiger partial charge in [0.2, 0.25) is 0 Å². The molecule has 1 aromatic heterocycles. The van der Waals surface area contributed by atoms with Crippen LogP contribution in [0, 0.1) is 0 Å². The second kappa shape index (κ2) is 7.04. The summed E-state index contributed by atoms with van der Waals surface area (Å²) in [5.41, 5.74) is 2.69. The molecule has 0 bridgehead atoms. The Hall–Kier alpha value is -2.36. The van der Waals surface area contributed by atoms with Gasteiger partial charge in [0.05, 0.1) is 19.3 Å². The van der Waals surface area contributed by atoms with Gasteiger partial charge in [-0.05, 0) is 28.7 Å². The SMILES string of the molecule is CC(C)(C)c1ccc(C=NN2CCN(c3ccccn3)CC2)cc1. The topological polar surface area (TPSA) is 31.7 Å². The number of rotatable bonds is 3. The number of benzene rings is 1. The zero-order valence-electron chi connectivity index (χ0n) is 14.8. The number of aromatic nitrogens is 1. The summed E-state index contributed by atoms with van der Waals surface area (Å²) < 4.78 is 0. The van der Waals surface area contributed by atoms with Crippen molar-refractivity contribution in [1.82, 2.24) is 9.99 Å². The summed E-state index contributed by atoms with van der Waals surface area (Å²) in [6.07, 6.45) is 3.81. The lowest BCUT2D eigenvalue weighted by Gasteiger charge is -2.33. The number of hydrogen-bond donors (Lipinski definition) is 0. The second-order valence-corrected chi connectivity index (χ2v) is 7.25. The highest BCUT2D eigenvalue weighted by Gasteiger charge is 2.16. The molecule has 2 aromatic rings. The van der Waals surface area contributed by atoms with E-state index >= 15 is 0 Å². The molecule has 0 radical (unpaired) electrons. The smallest absolute Gasteiger partial charge is 0.128 e. The molecule has 24 heavy (non-hydrogen) atoms. The van der Waals surface area contributed by atoms with Crippen molar-refractivity contribution >= 4 is 12.0 Å². The van der Waals surface area contributed by atoms with Gasteiger partial charge < -0.3 is 4.90 Å². The number of pyridine rings is 1. The van der Waals surface area contributed by atoms with Gasteiger partial charge in [-0.3, -0.25) is 5.01 Å². The zero-order chi connectivity index (χ0) is 17.0. The van der Waals surface area contributed by atoms with Gasteiger partial charge in [0.25, 0.3) is 0 Å². The van der Waals surface area contributed by atoms with Gasteiger partial charge in [-0.1, -0.05) is 51.1 Å². The summed E-state index contributed by atoms with van der Waals surface area (Å²) in [4.78, 5) is 6.73. The quantitative estimate of drug-likeness (QED) is 0.810. The highest BCUT2D eigenvalue weighted by Crippen LogP contribution is 2.21. The minimum atomic E-state index is 0.192. The summed E-state index contributed by atoms with van der Waals surface area (Å²) in [6.45, 7) is 10.5. The number of piperazine rings is 1. The molecule has 0 atom stereocenters. The van der Waals surface area contributed by atoms with Crippen molar-refractivity contribution in [3.05, 3.63) is 59.8 Å². The van der Waals surface area contributed by atoms with Crippen molar-refractivity contribution in [3.63, 3.8) is 0 Å². The van der Waals surface area contributed by atoms with Crippen molar-refractivity contribution in [2.45, 2.75) is 26.2 Å². The predicted molar refractivity (Wildman–Crippen MR) is 101 cm³/mol. The van der Waals surface area contributed by atoms with Crippen molar-refractivity contribution < 1.29 is 0 Å². The molecule has 1 fully saturated rings. The van der Waals surface area contributed by atoms with Crippen LogP contribution in [0.5, 0.6) is 0 Å². The van der Waals surface area contributed by atoms with Crippen LogP contribution in [0.2, 0.25) is 0 Å². The summed E-state index contributed by atoms with van der Waals surface area (Å²) in [6, 6.07) is 14.7. The summed E-state index contributed by atoms with van der Waals surface area (Å²) in [7, 11) is 0. The van der Waals surface area contributed by atoms with E-state index in [0.717, 1.165) is 37.6 Å². The largest absolute Gasteiger partial charge is 0.353 e. The monoisotopic (exact) mass is 322 g/mol. The van der Waals surface area contributed by atoms with Crippen LogP contribution in [0.3, 0.4) is 0 Å². The van der Waals surface area contributed by atoms with E-state index in [2.05, 4.69) is 71.1 Å². The lowest BCUT2D eigenvalue weighted by molar-refractivity contribution is 0.271. The van der Waals surface area contributed by atoms with Crippen molar-refractivity contribution in [3.8, 4) is 0 Å². The van der Waals surface area contributed by atoms with E-state index in [0.29, 0.717) is 0 Å². The zero-order valence-corrected chi connectivity index (χ0v) is 14.8. The van der Waals surface area contributed by atoms with Gasteiger partial charge >= 0.3 is 0 Å². The molecule has 126 valence electrons. The number of anilines is 1. The fourth-order valence-electron chi connectivity index (χ4n) is 2.80. The van der Waals surface area contributed by atoms with E-state index in [1.165, 1.54) is 5.56 Å². The highest BCUT2D eigenvalue weighted by molar-refractivity contribution is 5.79. The molecule has 0 spiro atoms. The highest BCUT2D eigenvalue weighted by atomic mass is 15.5. The van der Waals surface area contributed by atoms with Gasteiger partial charge in [0.1, 0.15) is 5.82 Å². The maximum atomic E-state index is 4.63. The normalized spacial score (nSPS) is 16.0. The summed E-state index contributed by atoms with van der Waals surface area (Å²) >= 11 is 0. The van der Waals surface area contributed by atoms with E-state index in [-0.39, 0.29) is 5.41 Å². The third-order valence-electron chi connectivity index (χ3n) is 4.38. The first-order valence-electron chi connectivity index (χ1n) is 8.58. The third-order valence-corrected chi connectivity index (χ3v) is 4.38. The molecule has 4 heteroatoms. The third kappa shape index (κ3) is 4.13. The molecule has 1 aromatic carbocycles. The van der Waals surface area contributed by atoms with Crippen LogP contribution >= 0.6 is 0 Å². The Kier molecular flexibility index (Phi) is 4.84. The first-order chi connectivity index (χ1) is 11.5. The van der Waals surface area contributed by atoms with Crippen LogP contribution in [-0.2, 0) is 5.41 Å². The van der Waals surface area contributed by atoms with Crippen molar-refractivity contribution in [1.29, 1.82) is 0 Å². The molecule has 0 N–H and O–H groups in total. The molecule has 4 nitrogen and oxygen atoms in total. The Morgan fingerprint density at radius 1 is 0.958 bits per heavy atom. The van der Waals surface area contributed by atoms with Crippen molar-refractivity contribution in [2.75, 3.05) is 31.1 Å². The molecule has 0 unspecified atom stereocenters. The molecule has 0 saturated carbocycles. The molecule has 0 amide bonds. The van der Waals surface area contributed by atoms with E-state index in [1.54, 1.807) is 0 Å². The van der Waals surface area contributed by atoms with Gasteiger partial charge in [-0.15, -0.1) is 0 Å². The maximum Gasteiger partial charge on any atom is 0.128 e. The van der Waals surface area contributed by atoms with Crippen LogP contribution in [0.25, 0.3) is 0 Å². The molecule has 3 rings (SSSR count). The average Bonchev–Trinajstić information content (AvgIpc) is 2.61. The fraction of sp³-hybridized carbons (Fsp3) is 0.400. The van der Waals surface area contributed by atoms with E-state index in [9.17, 15) is 0 Å². The van der Waals surface area contributed by atoms with E-state index in [1.807, 2.05) is 24.5 Å². The van der Waals surface area contributed by atoms with E-state index in [4.69, 9.17) is 0 Å². The minimum Gasteiger partial charge on any atom is -0.353 e. The molecule has 1 saturated heterocycles. The summed E-state index contributed by atoms with van der Waals surface area (Å²) in [5.74, 6) is 1.05. The van der Waals surface area contributed by atoms with Gasteiger partial charge in [0, 0.05) is 19.3 Å². The molecule has 0 aliphatic carbocycles. The van der Waals surface area contributed by atoms with Crippen LogP contribution < -0.4 is 4.90 Å². The average molecular weight is 322 g/mol. The van der Waals surface area contributed by atoms with Crippen molar-refractivity contribution in [2.24, 2.45) is 5.10 Å². The first kappa shape index (κ1) is 16.5. The number of hydrogen-bond acceptors (Lipinski definition) is 4. The molecule has 1 aliphatic rings. The first-order valence-corrected chi connectivity index (χ1v) is 8.58. The Labute approximate surface area is 144 Å². The van der Waals surface area contributed by atoms with Gasteiger partial charge in [-0.25, -0.2) is 4.98 Å². The number of nitrogens with zero attached hydrogens (tertiary/aromatic N) is 4. The Morgan fingerprint density at radius 2 is 1.67 bits per heavy atom. The molecular weight excluding hydrogens is 296 g/mol. The lowest BCUT2D eigenvalue weighted by atomic mass is 9.87. The Bertz CT molecular complexity index is 663. The predicted octanol–water partition coefficient (Wildman–Crippen LogP) is 3.54. The maximum absolute atomic E-state index is 4.63. The Morgan fingerprint density at radius 3 is 2.25 bits per heavy atom. The fourth-order valence-corrected chi connectivity index (χ4v) is 2.80. The lowest BCUT2D eigenvalue weighted by Crippen LogP contribution is -2.44. The number of hydrazone groups is 1. The standard InChI is InChI=1S/C20H26N4/c1-20(2,3)18-9-7-17(8-10-18)16-22-24-14-12-23(13-15-24)19-6-4-5-11-21-19/h4-11,16H,12-15H2,1-3H3. The van der Waals surface area contributed by atoms with Crippen LogP contribution in [-0.4, -0.2) is 42.4 Å². The Balaban J connectivity index is 1.55. The second-order valence-electron chi connectivity index (χ2n) is 7.25. The van der Waals surface area contributed by atoms with Crippen LogP contribution in [0.1, 0.15) is 31.9 Å². The van der Waals surface area contributed by atoms with Gasteiger partial charge in [-0.2, -0.15) is 5.10 Å². The minimum absolute atomic E-state index is 0.192. The van der Waals surface area contributed by atoms with Crippen LogP contribution in [0.15, 0.2) is 53.8 Å². The van der Waals surface area contributed by atoms with E-state index < -0.39 is 0 Å². The molecule has 2 heterocycles.